The fraction of sp³-hybridized carbons (Fsp3) is 0.909. The van der Waals surface area contributed by atoms with Crippen molar-refractivity contribution >= 4 is 5.91 Å². The van der Waals surface area contributed by atoms with Gasteiger partial charge in [-0.1, -0.05) is 0 Å². The third kappa shape index (κ3) is 1.44. The predicted octanol–water partition coefficient (Wildman–Crippen LogP) is 0.709. The minimum atomic E-state index is 0.244. The van der Waals surface area contributed by atoms with Crippen LogP contribution in [0, 0.1) is 17.8 Å². The molecule has 2 aliphatic rings. The summed E-state index contributed by atoms with van der Waals surface area (Å²) in [4.78, 5) is 13.9. The molecule has 0 aromatic rings. The van der Waals surface area contributed by atoms with Crippen LogP contribution in [0.4, 0.5) is 0 Å². The highest BCUT2D eigenvalue weighted by molar-refractivity contribution is 5.82. The zero-order valence-electron chi connectivity index (χ0n) is 9.50. The van der Waals surface area contributed by atoms with Crippen molar-refractivity contribution in [3.05, 3.63) is 0 Å². The van der Waals surface area contributed by atoms with E-state index in [-0.39, 0.29) is 11.4 Å². The highest BCUT2D eigenvalue weighted by Gasteiger charge is 2.60. The van der Waals surface area contributed by atoms with Crippen LogP contribution in [0.3, 0.4) is 0 Å². The summed E-state index contributed by atoms with van der Waals surface area (Å²) in [6, 6.07) is 0. The summed E-state index contributed by atoms with van der Waals surface area (Å²) in [7, 11) is 1.73. The Labute approximate surface area is 85.8 Å². The summed E-state index contributed by atoms with van der Waals surface area (Å²) in [5.41, 5.74) is 0.265. The van der Waals surface area contributed by atoms with E-state index in [0.29, 0.717) is 17.8 Å². The molecule has 3 heteroatoms. The zero-order chi connectivity index (χ0) is 10.5. The van der Waals surface area contributed by atoms with Crippen molar-refractivity contribution in [2.24, 2.45) is 17.8 Å². The van der Waals surface area contributed by atoms with E-state index in [1.807, 2.05) is 0 Å². The lowest BCUT2D eigenvalue weighted by atomic mass is 10.1. The van der Waals surface area contributed by atoms with Crippen LogP contribution in [0.5, 0.6) is 0 Å². The van der Waals surface area contributed by atoms with Gasteiger partial charge in [-0.05, 0) is 32.6 Å². The second-order valence-corrected chi connectivity index (χ2v) is 5.54. The van der Waals surface area contributed by atoms with E-state index >= 15 is 0 Å². The van der Waals surface area contributed by atoms with Gasteiger partial charge in [-0.15, -0.1) is 0 Å². The molecule has 1 aliphatic heterocycles. The molecule has 2 fully saturated rings. The second-order valence-electron chi connectivity index (χ2n) is 5.54. The first-order chi connectivity index (χ1) is 6.45. The lowest BCUT2D eigenvalue weighted by Crippen LogP contribution is -2.42. The first-order valence-electron chi connectivity index (χ1n) is 5.42. The van der Waals surface area contributed by atoms with Crippen LogP contribution < -0.4 is 5.32 Å². The minimum absolute atomic E-state index is 0.244. The number of hydrogen-bond donors (Lipinski definition) is 1. The molecular formula is C11H20N2O. The third-order valence-corrected chi connectivity index (χ3v) is 3.69. The van der Waals surface area contributed by atoms with Crippen LogP contribution in [0.25, 0.3) is 0 Å². The van der Waals surface area contributed by atoms with E-state index in [2.05, 4.69) is 31.0 Å². The summed E-state index contributed by atoms with van der Waals surface area (Å²) < 4.78 is 0. The van der Waals surface area contributed by atoms with Crippen LogP contribution in [-0.4, -0.2) is 36.5 Å². The Balaban J connectivity index is 1.91. The number of piperidine rings is 1. The molecule has 0 aromatic heterocycles. The van der Waals surface area contributed by atoms with Gasteiger partial charge in [0, 0.05) is 31.6 Å². The maximum Gasteiger partial charge on any atom is 0.223 e. The fourth-order valence-electron chi connectivity index (χ4n) is 2.63. The quantitative estimate of drug-likeness (QED) is 0.670. The zero-order valence-corrected chi connectivity index (χ0v) is 9.50. The van der Waals surface area contributed by atoms with E-state index in [0.717, 1.165) is 13.1 Å². The molecule has 1 saturated heterocycles. The highest BCUT2D eigenvalue weighted by Crippen LogP contribution is 2.53. The van der Waals surface area contributed by atoms with Gasteiger partial charge in [0.15, 0.2) is 0 Å². The number of fused-ring (bicyclic) bond motifs is 1. The van der Waals surface area contributed by atoms with Gasteiger partial charge in [0.25, 0.3) is 0 Å². The van der Waals surface area contributed by atoms with Crippen molar-refractivity contribution in [2.45, 2.75) is 26.3 Å². The van der Waals surface area contributed by atoms with E-state index < -0.39 is 0 Å². The summed E-state index contributed by atoms with van der Waals surface area (Å²) in [5, 5.41) is 2.75. The van der Waals surface area contributed by atoms with Gasteiger partial charge in [-0.2, -0.15) is 0 Å². The topological polar surface area (TPSA) is 32.3 Å². The lowest BCUT2D eigenvalue weighted by molar-refractivity contribution is -0.122. The normalized spacial score (nSPS) is 36.7. The van der Waals surface area contributed by atoms with Gasteiger partial charge >= 0.3 is 0 Å². The molecule has 14 heavy (non-hydrogen) atoms. The Bertz CT molecular complexity index is 245. The van der Waals surface area contributed by atoms with E-state index in [4.69, 9.17) is 0 Å². The molecule has 2 atom stereocenters. The molecule has 3 nitrogen and oxygen atoms in total. The van der Waals surface area contributed by atoms with Crippen molar-refractivity contribution < 1.29 is 4.79 Å². The molecule has 80 valence electrons. The van der Waals surface area contributed by atoms with Crippen molar-refractivity contribution in [1.29, 1.82) is 0 Å². The molecule has 1 N–H and O–H groups in total. The molecule has 1 heterocycles. The molecule has 1 amide bonds. The molecule has 1 saturated carbocycles. The predicted molar refractivity (Wildman–Crippen MR) is 55.9 cm³/mol. The van der Waals surface area contributed by atoms with Gasteiger partial charge in [0.05, 0.1) is 0 Å². The number of amides is 1. The Morgan fingerprint density at radius 3 is 2.14 bits per heavy atom. The average Bonchev–Trinajstić information content (AvgIpc) is 2.56. The molecule has 0 radical (unpaired) electrons. The standard InChI is InChI=1S/C11H20N2O/c1-11(2,3)13-5-7-8(6-13)9(7)10(14)12-4/h7-9H,5-6H2,1-4H3,(H,12,14). The van der Waals surface area contributed by atoms with Gasteiger partial charge in [0.2, 0.25) is 5.91 Å². The monoisotopic (exact) mass is 196 g/mol. The molecule has 0 bridgehead atoms. The number of hydrogen-bond acceptors (Lipinski definition) is 2. The molecule has 1 aliphatic carbocycles. The van der Waals surface area contributed by atoms with Gasteiger partial charge in [0.1, 0.15) is 0 Å². The van der Waals surface area contributed by atoms with Crippen LogP contribution in [0.2, 0.25) is 0 Å². The summed E-state index contributed by atoms with van der Waals surface area (Å²) in [6.45, 7) is 8.94. The molecule has 2 unspecified atom stereocenters. The lowest BCUT2D eigenvalue weighted by Gasteiger charge is -2.33. The summed E-state index contributed by atoms with van der Waals surface area (Å²) in [6.07, 6.45) is 0. The van der Waals surface area contributed by atoms with E-state index in [1.54, 1.807) is 7.05 Å². The Hall–Kier alpha value is -0.570. The van der Waals surface area contributed by atoms with Crippen molar-refractivity contribution in [3.63, 3.8) is 0 Å². The van der Waals surface area contributed by atoms with E-state index in [9.17, 15) is 4.79 Å². The maximum absolute atomic E-state index is 11.4. The van der Waals surface area contributed by atoms with Crippen LogP contribution >= 0.6 is 0 Å². The number of carbonyl (C=O) groups is 1. The number of rotatable bonds is 1. The SMILES string of the molecule is CNC(=O)C1C2CN(C(C)(C)C)CC21. The van der Waals surface area contributed by atoms with Crippen molar-refractivity contribution in [3.8, 4) is 0 Å². The Morgan fingerprint density at radius 2 is 1.79 bits per heavy atom. The number of nitrogens with one attached hydrogen (secondary N) is 1. The number of likely N-dealkylation sites (tertiary alicyclic amines) is 1. The molecule has 2 rings (SSSR count). The largest absolute Gasteiger partial charge is 0.359 e. The summed E-state index contributed by atoms with van der Waals surface area (Å²) in [5.74, 6) is 1.83. The maximum atomic E-state index is 11.4. The van der Waals surface area contributed by atoms with Crippen LogP contribution in [-0.2, 0) is 4.79 Å². The molecular weight excluding hydrogens is 176 g/mol. The van der Waals surface area contributed by atoms with E-state index in [1.165, 1.54) is 0 Å². The van der Waals surface area contributed by atoms with Crippen molar-refractivity contribution in [2.75, 3.05) is 20.1 Å². The fourth-order valence-corrected chi connectivity index (χ4v) is 2.63. The third-order valence-electron chi connectivity index (χ3n) is 3.69. The Kier molecular flexibility index (Phi) is 2.11. The average molecular weight is 196 g/mol. The minimum Gasteiger partial charge on any atom is -0.359 e. The van der Waals surface area contributed by atoms with Gasteiger partial charge in [-0.3, -0.25) is 9.69 Å². The van der Waals surface area contributed by atoms with Crippen LogP contribution in [0.15, 0.2) is 0 Å². The summed E-state index contributed by atoms with van der Waals surface area (Å²) >= 11 is 0. The second kappa shape index (κ2) is 2.96. The van der Waals surface area contributed by atoms with Gasteiger partial charge < -0.3 is 5.32 Å². The smallest absolute Gasteiger partial charge is 0.223 e. The first kappa shape index (κ1) is 9.97. The number of carbonyl (C=O) groups excluding carboxylic acids is 1. The first-order valence-corrected chi connectivity index (χ1v) is 5.42. The Morgan fingerprint density at radius 1 is 1.29 bits per heavy atom. The van der Waals surface area contributed by atoms with Gasteiger partial charge in [-0.25, -0.2) is 0 Å². The molecule has 0 spiro atoms. The number of nitrogens with zero attached hydrogens (tertiary/aromatic N) is 1. The van der Waals surface area contributed by atoms with Crippen molar-refractivity contribution in [1.82, 2.24) is 10.2 Å². The highest BCUT2D eigenvalue weighted by atomic mass is 16.2. The molecule has 0 aromatic carbocycles. The van der Waals surface area contributed by atoms with Crippen LogP contribution in [0.1, 0.15) is 20.8 Å².